The molecule has 26 heavy (non-hydrogen) atoms. The Morgan fingerprint density at radius 1 is 1.08 bits per heavy atom. The van der Waals surface area contributed by atoms with Crippen LogP contribution in [0.3, 0.4) is 0 Å². The molecule has 4 nitrogen and oxygen atoms in total. The highest BCUT2D eigenvalue weighted by Gasteiger charge is 2.12. The molecule has 0 atom stereocenters. The molecule has 1 N–H and O–H groups in total. The van der Waals surface area contributed by atoms with Crippen molar-refractivity contribution in [3.05, 3.63) is 59.7 Å². The number of hydrogen-bond acceptors (Lipinski definition) is 3. The lowest BCUT2D eigenvalue weighted by molar-refractivity contribution is -0.116. The highest BCUT2D eigenvalue weighted by atomic mass is 16.5. The molecule has 1 aliphatic heterocycles. The van der Waals surface area contributed by atoms with Crippen molar-refractivity contribution in [1.29, 1.82) is 0 Å². The first-order chi connectivity index (χ1) is 12.7. The Bertz CT molecular complexity index is 709. The van der Waals surface area contributed by atoms with Crippen molar-refractivity contribution < 1.29 is 9.53 Å². The maximum absolute atomic E-state index is 12.3. The number of benzene rings is 2. The summed E-state index contributed by atoms with van der Waals surface area (Å²) in [6.07, 6.45) is 5.15. The van der Waals surface area contributed by atoms with E-state index in [4.69, 9.17) is 4.74 Å². The number of methoxy groups -OCH3 is 1. The zero-order chi connectivity index (χ0) is 18.2. The lowest BCUT2D eigenvalue weighted by Gasteiger charge is -2.25. The van der Waals surface area contributed by atoms with Crippen LogP contribution in [0.25, 0.3) is 0 Å². The molecule has 0 saturated carbocycles. The number of piperidine rings is 1. The van der Waals surface area contributed by atoms with Gasteiger partial charge in [0.15, 0.2) is 0 Å². The van der Waals surface area contributed by atoms with Gasteiger partial charge in [-0.15, -0.1) is 0 Å². The summed E-state index contributed by atoms with van der Waals surface area (Å²) < 4.78 is 5.48. The van der Waals surface area contributed by atoms with E-state index in [1.54, 1.807) is 7.11 Å². The molecule has 138 valence electrons. The number of ether oxygens (including phenoxy) is 1. The maximum Gasteiger partial charge on any atom is 0.225 e. The molecule has 1 fully saturated rings. The third kappa shape index (κ3) is 5.33. The molecule has 0 radical (unpaired) electrons. The lowest BCUT2D eigenvalue weighted by Crippen LogP contribution is -2.32. The van der Waals surface area contributed by atoms with Crippen molar-refractivity contribution in [2.75, 3.05) is 32.1 Å². The molecule has 1 amide bonds. The zero-order valence-electron chi connectivity index (χ0n) is 15.5. The second kappa shape index (κ2) is 9.39. The van der Waals surface area contributed by atoms with Gasteiger partial charge in [-0.25, -0.2) is 0 Å². The van der Waals surface area contributed by atoms with Crippen molar-refractivity contribution in [1.82, 2.24) is 4.90 Å². The van der Waals surface area contributed by atoms with Gasteiger partial charge in [-0.2, -0.15) is 0 Å². The van der Waals surface area contributed by atoms with Crippen LogP contribution in [0.4, 0.5) is 5.69 Å². The van der Waals surface area contributed by atoms with Gasteiger partial charge in [-0.1, -0.05) is 36.8 Å². The van der Waals surface area contributed by atoms with Crippen LogP contribution in [0.1, 0.15) is 36.8 Å². The van der Waals surface area contributed by atoms with E-state index in [-0.39, 0.29) is 5.91 Å². The molecule has 0 spiro atoms. The average molecular weight is 352 g/mol. The average Bonchev–Trinajstić information content (AvgIpc) is 2.68. The Kier molecular flexibility index (Phi) is 6.67. The third-order valence-electron chi connectivity index (χ3n) is 4.91. The molecule has 4 heteroatoms. The van der Waals surface area contributed by atoms with E-state index in [1.165, 1.54) is 24.8 Å². The largest absolute Gasteiger partial charge is 0.496 e. The minimum absolute atomic E-state index is 0.0754. The van der Waals surface area contributed by atoms with Gasteiger partial charge in [0, 0.05) is 30.6 Å². The van der Waals surface area contributed by atoms with Crippen molar-refractivity contribution >= 4 is 11.6 Å². The quantitative estimate of drug-likeness (QED) is 0.816. The SMILES string of the molecule is COc1ccc(NC(=O)CCN2CCCCC2)cc1Cc1ccccc1. The number of anilines is 1. The summed E-state index contributed by atoms with van der Waals surface area (Å²) in [4.78, 5) is 14.7. The van der Waals surface area contributed by atoms with E-state index in [1.807, 2.05) is 36.4 Å². The number of nitrogens with zero attached hydrogens (tertiary/aromatic N) is 1. The van der Waals surface area contributed by atoms with Crippen molar-refractivity contribution in [3.8, 4) is 5.75 Å². The van der Waals surface area contributed by atoms with E-state index in [9.17, 15) is 4.79 Å². The first-order valence-corrected chi connectivity index (χ1v) is 9.47. The van der Waals surface area contributed by atoms with Gasteiger partial charge < -0.3 is 15.0 Å². The number of carbonyl (C=O) groups is 1. The summed E-state index contributed by atoms with van der Waals surface area (Å²) in [5, 5.41) is 3.04. The first kappa shape index (κ1) is 18.5. The predicted octanol–water partition coefficient (Wildman–Crippen LogP) is 4.10. The van der Waals surface area contributed by atoms with E-state index in [2.05, 4.69) is 22.3 Å². The number of carbonyl (C=O) groups excluding carboxylic acids is 1. The Morgan fingerprint density at radius 3 is 2.58 bits per heavy atom. The van der Waals surface area contributed by atoms with Crippen LogP contribution < -0.4 is 10.1 Å². The normalized spacial score (nSPS) is 14.8. The van der Waals surface area contributed by atoms with Crippen molar-refractivity contribution in [3.63, 3.8) is 0 Å². The van der Waals surface area contributed by atoms with Gasteiger partial charge in [-0.05, 0) is 49.7 Å². The Hall–Kier alpha value is -2.33. The van der Waals surface area contributed by atoms with Crippen LogP contribution in [0, 0.1) is 0 Å². The summed E-state index contributed by atoms with van der Waals surface area (Å²) in [7, 11) is 1.68. The molecular weight excluding hydrogens is 324 g/mol. The summed E-state index contributed by atoms with van der Waals surface area (Å²) in [6.45, 7) is 3.09. The Labute approximate surface area is 156 Å². The van der Waals surface area contributed by atoms with Crippen LogP contribution in [-0.4, -0.2) is 37.6 Å². The van der Waals surface area contributed by atoms with Crippen LogP contribution in [-0.2, 0) is 11.2 Å². The molecule has 0 aromatic heterocycles. The Balaban J connectivity index is 1.60. The minimum atomic E-state index is 0.0754. The number of rotatable bonds is 7. The Morgan fingerprint density at radius 2 is 1.85 bits per heavy atom. The molecular formula is C22H28N2O2. The molecule has 0 bridgehead atoms. The second-order valence-electron chi connectivity index (χ2n) is 6.89. The first-order valence-electron chi connectivity index (χ1n) is 9.47. The highest BCUT2D eigenvalue weighted by molar-refractivity contribution is 5.91. The van der Waals surface area contributed by atoms with Crippen molar-refractivity contribution in [2.45, 2.75) is 32.1 Å². The topological polar surface area (TPSA) is 41.6 Å². The minimum Gasteiger partial charge on any atom is -0.496 e. The summed E-state index contributed by atoms with van der Waals surface area (Å²) in [5.41, 5.74) is 3.13. The summed E-state index contributed by atoms with van der Waals surface area (Å²) >= 11 is 0. The number of nitrogens with one attached hydrogen (secondary N) is 1. The summed E-state index contributed by atoms with van der Waals surface area (Å²) in [6, 6.07) is 16.1. The third-order valence-corrected chi connectivity index (χ3v) is 4.91. The molecule has 1 aliphatic rings. The number of likely N-dealkylation sites (tertiary alicyclic amines) is 1. The predicted molar refractivity (Wildman–Crippen MR) is 106 cm³/mol. The smallest absolute Gasteiger partial charge is 0.225 e. The van der Waals surface area contributed by atoms with E-state index < -0.39 is 0 Å². The van der Waals surface area contributed by atoms with Crippen LogP contribution in [0.15, 0.2) is 48.5 Å². The van der Waals surface area contributed by atoms with Crippen LogP contribution >= 0.6 is 0 Å². The molecule has 1 heterocycles. The fourth-order valence-corrected chi connectivity index (χ4v) is 3.48. The summed E-state index contributed by atoms with van der Waals surface area (Å²) in [5.74, 6) is 0.923. The zero-order valence-corrected chi connectivity index (χ0v) is 15.5. The molecule has 0 aliphatic carbocycles. The van der Waals surface area contributed by atoms with Gasteiger partial charge in [0.25, 0.3) is 0 Å². The molecule has 2 aromatic rings. The molecule has 2 aromatic carbocycles. The monoisotopic (exact) mass is 352 g/mol. The number of hydrogen-bond donors (Lipinski definition) is 1. The van der Waals surface area contributed by atoms with Gasteiger partial charge in [0.2, 0.25) is 5.91 Å². The highest BCUT2D eigenvalue weighted by Crippen LogP contribution is 2.25. The van der Waals surface area contributed by atoms with Crippen LogP contribution in [0.2, 0.25) is 0 Å². The molecule has 1 saturated heterocycles. The number of amides is 1. The van der Waals surface area contributed by atoms with E-state index >= 15 is 0 Å². The lowest BCUT2D eigenvalue weighted by atomic mass is 10.0. The van der Waals surface area contributed by atoms with Crippen molar-refractivity contribution in [2.24, 2.45) is 0 Å². The second-order valence-corrected chi connectivity index (χ2v) is 6.89. The fourth-order valence-electron chi connectivity index (χ4n) is 3.48. The van der Waals surface area contributed by atoms with Crippen LogP contribution in [0.5, 0.6) is 5.75 Å². The van der Waals surface area contributed by atoms with Gasteiger partial charge in [0.05, 0.1) is 7.11 Å². The molecule has 0 unspecified atom stereocenters. The molecule has 3 rings (SSSR count). The van der Waals surface area contributed by atoms with Gasteiger partial charge >= 0.3 is 0 Å². The van der Waals surface area contributed by atoms with E-state index in [0.29, 0.717) is 6.42 Å². The van der Waals surface area contributed by atoms with E-state index in [0.717, 1.165) is 43.1 Å². The van der Waals surface area contributed by atoms with Gasteiger partial charge in [0.1, 0.15) is 5.75 Å². The van der Waals surface area contributed by atoms with Gasteiger partial charge in [-0.3, -0.25) is 4.79 Å². The standard InChI is InChI=1S/C22H28N2O2/c1-26-21-11-10-20(17-19(21)16-18-8-4-2-5-9-18)23-22(25)12-15-24-13-6-3-7-14-24/h2,4-5,8-11,17H,3,6-7,12-16H2,1H3,(H,23,25). The fraction of sp³-hybridized carbons (Fsp3) is 0.409. The maximum atomic E-state index is 12.3.